The molecule has 258 valence electrons. The second-order valence-electron chi connectivity index (χ2n) is 14.3. The predicted octanol–water partition coefficient (Wildman–Crippen LogP) is 1.26. The van der Waals surface area contributed by atoms with E-state index < -0.39 is 100 Å². The van der Waals surface area contributed by atoms with Gasteiger partial charge in [0.25, 0.3) is 0 Å². The summed E-state index contributed by atoms with van der Waals surface area (Å²) in [5.41, 5.74) is -4.60. The number of hydrogen-bond donors (Lipinski definition) is 1. The molecule has 1 unspecified atom stereocenters. The van der Waals surface area contributed by atoms with Crippen molar-refractivity contribution in [2.75, 3.05) is 34.4 Å². The number of carbonyl (C=O) groups excluding carboxylic acids is 4. The molecule has 0 aromatic carbocycles. The molecule has 7 bridgehead atoms. The Labute approximate surface area is 269 Å². The second kappa shape index (κ2) is 11.1. The van der Waals surface area contributed by atoms with Crippen molar-refractivity contribution in [3.05, 3.63) is 0 Å². The molecule has 1 N–H and O–H groups in total. The van der Waals surface area contributed by atoms with Crippen LogP contribution in [0.4, 0.5) is 0 Å². The molecule has 1 saturated heterocycles. The van der Waals surface area contributed by atoms with Gasteiger partial charge in [0.2, 0.25) is 0 Å². The third kappa shape index (κ3) is 3.80. The van der Waals surface area contributed by atoms with E-state index in [2.05, 4.69) is 18.7 Å². The van der Waals surface area contributed by atoms with Crippen molar-refractivity contribution < 1.29 is 57.4 Å². The molecule has 6 aliphatic rings. The molecule has 5 saturated carbocycles. The van der Waals surface area contributed by atoms with Crippen LogP contribution in [0.1, 0.15) is 60.8 Å². The highest BCUT2D eigenvalue weighted by Crippen LogP contribution is 2.81. The number of aliphatic hydroxyl groups excluding tert-OH is 1. The number of fused-ring (bicyclic) bond motifs is 2. The zero-order valence-electron chi connectivity index (χ0n) is 28.3. The van der Waals surface area contributed by atoms with Crippen LogP contribution in [0.15, 0.2) is 0 Å². The first-order valence-electron chi connectivity index (χ1n) is 16.5. The van der Waals surface area contributed by atoms with Gasteiger partial charge in [-0.2, -0.15) is 0 Å². The fraction of sp³-hybridized carbons (Fsp3) is 0.879. The van der Waals surface area contributed by atoms with Gasteiger partial charge in [0.05, 0.1) is 18.3 Å². The minimum Gasteiger partial charge on any atom is -0.458 e. The van der Waals surface area contributed by atoms with Crippen LogP contribution in [0.2, 0.25) is 0 Å². The highest BCUT2D eigenvalue weighted by Gasteiger charge is 2.93. The van der Waals surface area contributed by atoms with Gasteiger partial charge in [-0.1, -0.05) is 13.8 Å². The molecule has 0 amide bonds. The molecule has 6 fully saturated rings. The van der Waals surface area contributed by atoms with Crippen molar-refractivity contribution in [2.24, 2.45) is 34.5 Å². The Kier molecular flexibility index (Phi) is 8.11. The van der Waals surface area contributed by atoms with Crippen molar-refractivity contribution in [2.45, 2.75) is 115 Å². The Morgan fingerprint density at radius 3 is 1.93 bits per heavy atom. The molecule has 15 atom stereocenters. The highest BCUT2D eigenvalue weighted by molar-refractivity contribution is 5.71. The number of likely N-dealkylation sites (tertiary alicyclic amines) is 1. The first kappa shape index (κ1) is 33.6. The van der Waals surface area contributed by atoms with Gasteiger partial charge >= 0.3 is 23.9 Å². The summed E-state index contributed by atoms with van der Waals surface area (Å²) in [7, 11) is 4.69. The van der Waals surface area contributed by atoms with Gasteiger partial charge < -0.3 is 38.3 Å². The Bertz CT molecular complexity index is 1290. The lowest BCUT2D eigenvalue weighted by atomic mass is 9.42. The van der Waals surface area contributed by atoms with Gasteiger partial charge in [-0.3, -0.25) is 24.1 Å². The summed E-state index contributed by atoms with van der Waals surface area (Å²) in [6.45, 7) is 10.5. The van der Waals surface area contributed by atoms with Gasteiger partial charge in [-0.05, 0) is 25.3 Å². The molecule has 46 heavy (non-hydrogen) atoms. The first-order chi connectivity index (χ1) is 21.7. The summed E-state index contributed by atoms with van der Waals surface area (Å²) < 4.78 is 44.3. The smallest absolute Gasteiger partial charge is 0.303 e. The highest BCUT2D eigenvalue weighted by atomic mass is 16.6. The lowest BCUT2D eigenvalue weighted by molar-refractivity contribution is -0.325. The molecule has 0 radical (unpaired) electrons. The number of carbonyl (C=O) groups is 4. The van der Waals surface area contributed by atoms with Crippen LogP contribution >= 0.6 is 0 Å². The summed E-state index contributed by atoms with van der Waals surface area (Å²) in [4.78, 5) is 54.7. The van der Waals surface area contributed by atoms with Crippen LogP contribution < -0.4 is 0 Å². The fourth-order valence-electron chi connectivity index (χ4n) is 12.5. The summed E-state index contributed by atoms with van der Waals surface area (Å²) in [5, 5.41) is 12.0. The minimum absolute atomic E-state index is 0.151. The molecule has 13 nitrogen and oxygen atoms in total. The standard InChI is InChI=1S/C33H49NO12/c1-10-30-14-34(11-2)26-23-24(41-8)25(30)32(26,21(40-7)12-20(30)39)19-13-31(45-17(5)37)27(43-15(3)35)22(19)33(23,46-18(6)38)29(28(31)42-9)44-16(4)36/h19-29,39H,10-14H2,1-9H3/t19-,20-,21+,22-,23?,24+,25-,26-,27-,28+,29+,30-,31-,32+,33-/m1/s1. The second-order valence-corrected chi connectivity index (χ2v) is 14.3. The van der Waals surface area contributed by atoms with Crippen molar-refractivity contribution >= 4 is 23.9 Å². The van der Waals surface area contributed by atoms with E-state index in [-0.39, 0.29) is 18.4 Å². The number of hydrogen-bond acceptors (Lipinski definition) is 13. The van der Waals surface area contributed by atoms with Crippen molar-refractivity contribution in [3.8, 4) is 0 Å². The quantitative estimate of drug-likeness (QED) is 0.281. The Morgan fingerprint density at radius 1 is 0.804 bits per heavy atom. The van der Waals surface area contributed by atoms with E-state index in [1.165, 1.54) is 34.8 Å². The van der Waals surface area contributed by atoms with E-state index in [0.717, 1.165) is 0 Å². The molecule has 1 heterocycles. The molecular formula is C33H49NO12. The summed E-state index contributed by atoms with van der Waals surface area (Å²) in [6, 6.07) is -0.329. The van der Waals surface area contributed by atoms with Crippen LogP contribution in [-0.2, 0) is 52.3 Å². The Hall–Kier alpha value is -2.32. The molecule has 0 aromatic rings. The third-order valence-electron chi connectivity index (χ3n) is 13.0. The van der Waals surface area contributed by atoms with Crippen molar-refractivity contribution in [1.29, 1.82) is 0 Å². The maximum absolute atomic E-state index is 13.4. The molecule has 0 aromatic heterocycles. The van der Waals surface area contributed by atoms with E-state index in [1.54, 1.807) is 14.2 Å². The molecule has 1 aliphatic heterocycles. The SMILES string of the molecule is CCN1C[C@]2(CC)[C@H](O)C[C@H](OC)[C@@]34[C@@H]5C[C@@]6(OC(C)=O)[C@H](OC(C)=O)[C@@H]5[C@@](OC(C)=O)(C([C@H](OC)[C@H]23)[C@@H]14)[C@@H](OC(C)=O)[C@@H]6OC. The molecular weight excluding hydrogens is 602 g/mol. The summed E-state index contributed by atoms with van der Waals surface area (Å²) in [5.74, 6) is -4.72. The Morgan fingerprint density at radius 2 is 1.43 bits per heavy atom. The lowest BCUT2D eigenvalue weighted by Gasteiger charge is -2.70. The van der Waals surface area contributed by atoms with Gasteiger partial charge in [-0.15, -0.1) is 0 Å². The summed E-state index contributed by atoms with van der Waals surface area (Å²) in [6.07, 6.45) is -4.21. The van der Waals surface area contributed by atoms with Crippen molar-refractivity contribution in [1.82, 2.24) is 4.90 Å². The van der Waals surface area contributed by atoms with Crippen molar-refractivity contribution in [3.63, 3.8) is 0 Å². The zero-order valence-corrected chi connectivity index (χ0v) is 28.3. The third-order valence-corrected chi connectivity index (χ3v) is 13.0. The predicted molar refractivity (Wildman–Crippen MR) is 158 cm³/mol. The number of methoxy groups -OCH3 is 3. The maximum Gasteiger partial charge on any atom is 0.303 e. The van der Waals surface area contributed by atoms with Gasteiger partial charge in [-0.25, -0.2) is 0 Å². The van der Waals surface area contributed by atoms with Gasteiger partial charge in [0.1, 0.15) is 6.10 Å². The number of aliphatic hydroxyl groups is 1. The van der Waals surface area contributed by atoms with Crippen LogP contribution in [0, 0.1) is 34.5 Å². The average molecular weight is 652 g/mol. The number of rotatable bonds is 9. The largest absolute Gasteiger partial charge is 0.458 e. The van der Waals surface area contributed by atoms with Crippen LogP contribution in [0.25, 0.3) is 0 Å². The number of ether oxygens (including phenoxy) is 7. The summed E-state index contributed by atoms with van der Waals surface area (Å²) >= 11 is 0. The van der Waals surface area contributed by atoms with Crippen LogP contribution in [-0.4, -0.2) is 122 Å². The van der Waals surface area contributed by atoms with E-state index in [0.29, 0.717) is 25.9 Å². The van der Waals surface area contributed by atoms with Crippen LogP contribution in [0.3, 0.4) is 0 Å². The van der Waals surface area contributed by atoms with Gasteiger partial charge in [0.15, 0.2) is 23.4 Å². The Balaban J connectivity index is 1.78. The van der Waals surface area contributed by atoms with E-state index in [9.17, 15) is 24.3 Å². The monoisotopic (exact) mass is 651 g/mol. The maximum atomic E-state index is 13.4. The van der Waals surface area contributed by atoms with E-state index in [1.807, 2.05) is 0 Å². The van der Waals surface area contributed by atoms with Crippen LogP contribution in [0.5, 0.6) is 0 Å². The minimum atomic E-state index is -1.64. The van der Waals surface area contributed by atoms with Gasteiger partial charge in [0, 0.05) is 96.6 Å². The van der Waals surface area contributed by atoms with E-state index >= 15 is 0 Å². The average Bonchev–Trinajstić information content (AvgIpc) is 3.35. The molecule has 1 spiro atoms. The first-order valence-corrected chi connectivity index (χ1v) is 16.5. The molecule has 5 aliphatic carbocycles. The lowest BCUT2D eigenvalue weighted by Crippen LogP contribution is -2.82. The topological polar surface area (TPSA) is 156 Å². The zero-order chi connectivity index (χ0) is 33.7. The normalized spacial score (nSPS) is 49.7. The molecule has 6 rings (SSSR count). The van der Waals surface area contributed by atoms with E-state index in [4.69, 9.17) is 33.2 Å². The number of esters is 4. The number of piperidine rings is 1. The molecule has 13 heteroatoms. The number of nitrogens with zero attached hydrogens (tertiary/aromatic N) is 1. The fourth-order valence-corrected chi connectivity index (χ4v) is 12.5.